The Labute approximate surface area is 68.5 Å². The lowest BCUT2D eigenvalue weighted by molar-refractivity contribution is -0.709. The van der Waals surface area contributed by atoms with E-state index >= 15 is 0 Å². The predicted octanol–water partition coefficient (Wildman–Crippen LogP) is -2.08. The van der Waals surface area contributed by atoms with Gasteiger partial charge in [-0.05, 0) is 13.8 Å². The lowest BCUT2D eigenvalue weighted by atomic mass is 10.2. The average molecular weight is 160 g/mol. The molecule has 0 amide bonds. The largest absolute Gasteiger partial charge is 0.358 e. The summed E-state index contributed by atoms with van der Waals surface area (Å²) in [5.41, 5.74) is 0. The molecule has 0 aromatic heterocycles. The van der Waals surface area contributed by atoms with Crippen LogP contribution in [0.25, 0.3) is 0 Å². The minimum Gasteiger partial charge on any atom is -0.358 e. The predicted molar refractivity (Wildman–Crippen MR) is 43.3 cm³/mol. The lowest BCUT2D eigenvalue weighted by Crippen LogP contribution is -2.95. The number of quaternary nitrogens is 2. The summed E-state index contributed by atoms with van der Waals surface area (Å²) in [7, 11) is 0. The normalized spacial score (nSPS) is 32.2. The van der Waals surface area contributed by atoms with Gasteiger partial charge in [0.2, 0.25) is 0 Å². The lowest BCUT2D eigenvalue weighted by Gasteiger charge is -2.24. The SMILES string of the molecule is CC[NH2+]C[C@H]1C[NH2+]C[C@H](C)O1. The molecule has 1 rings (SSSR count). The van der Waals surface area contributed by atoms with E-state index in [2.05, 4.69) is 24.5 Å². The van der Waals surface area contributed by atoms with Gasteiger partial charge in [0.1, 0.15) is 25.7 Å². The summed E-state index contributed by atoms with van der Waals surface area (Å²) in [4.78, 5) is 0. The molecule has 1 aliphatic heterocycles. The third kappa shape index (κ3) is 3.18. The maximum absolute atomic E-state index is 5.73. The summed E-state index contributed by atoms with van der Waals surface area (Å²) in [6, 6.07) is 0. The molecule has 0 aliphatic carbocycles. The van der Waals surface area contributed by atoms with E-state index in [0.29, 0.717) is 12.2 Å². The second-order valence-corrected chi connectivity index (χ2v) is 3.26. The summed E-state index contributed by atoms with van der Waals surface area (Å²) >= 11 is 0. The van der Waals surface area contributed by atoms with Crippen molar-refractivity contribution in [1.29, 1.82) is 0 Å². The first-order valence-corrected chi connectivity index (χ1v) is 4.61. The summed E-state index contributed by atoms with van der Waals surface area (Å²) in [6.07, 6.45) is 0.915. The summed E-state index contributed by atoms with van der Waals surface area (Å²) < 4.78 is 5.73. The van der Waals surface area contributed by atoms with Crippen LogP contribution in [0.15, 0.2) is 0 Å². The molecule has 0 unspecified atom stereocenters. The Morgan fingerprint density at radius 3 is 3.00 bits per heavy atom. The van der Waals surface area contributed by atoms with Gasteiger partial charge in [-0.25, -0.2) is 0 Å². The van der Waals surface area contributed by atoms with E-state index in [-0.39, 0.29) is 0 Å². The highest BCUT2D eigenvalue weighted by molar-refractivity contribution is 4.59. The van der Waals surface area contributed by atoms with Crippen LogP contribution in [0.2, 0.25) is 0 Å². The Morgan fingerprint density at radius 1 is 1.55 bits per heavy atom. The molecule has 3 nitrogen and oxygen atoms in total. The maximum Gasteiger partial charge on any atom is 0.155 e. The molecule has 11 heavy (non-hydrogen) atoms. The molecule has 4 N–H and O–H groups in total. The first-order valence-electron chi connectivity index (χ1n) is 4.61. The van der Waals surface area contributed by atoms with E-state index < -0.39 is 0 Å². The maximum atomic E-state index is 5.73. The van der Waals surface area contributed by atoms with E-state index in [1.54, 1.807) is 0 Å². The first-order chi connectivity index (χ1) is 5.33. The van der Waals surface area contributed by atoms with Crippen molar-refractivity contribution in [3.8, 4) is 0 Å². The molecular weight excluding hydrogens is 140 g/mol. The van der Waals surface area contributed by atoms with Crippen molar-refractivity contribution in [3.63, 3.8) is 0 Å². The highest BCUT2D eigenvalue weighted by atomic mass is 16.5. The zero-order chi connectivity index (χ0) is 8.10. The third-order valence-corrected chi connectivity index (χ3v) is 2.07. The second-order valence-electron chi connectivity index (χ2n) is 3.26. The van der Waals surface area contributed by atoms with Crippen molar-refractivity contribution in [2.45, 2.75) is 26.1 Å². The zero-order valence-electron chi connectivity index (χ0n) is 7.55. The molecule has 0 aromatic rings. The van der Waals surface area contributed by atoms with E-state index in [9.17, 15) is 0 Å². The van der Waals surface area contributed by atoms with Crippen molar-refractivity contribution in [2.75, 3.05) is 26.2 Å². The van der Waals surface area contributed by atoms with Crippen LogP contribution in [-0.2, 0) is 4.74 Å². The minimum absolute atomic E-state index is 0.444. The Bertz CT molecular complexity index is 108. The van der Waals surface area contributed by atoms with Crippen LogP contribution in [-0.4, -0.2) is 38.4 Å². The Kier molecular flexibility index (Phi) is 3.83. The van der Waals surface area contributed by atoms with Gasteiger partial charge in [0.25, 0.3) is 0 Å². The molecule has 0 saturated carbocycles. The molecule has 1 heterocycles. The minimum atomic E-state index is 0.444. The number of morpholine rings is 1. The van der Waals surface area contributed by atoms with Crippen molar-refractivity contribution >= 4 is 0 Å². The summed E-state index contributed by atoms with van der Waals surface area (Å²) in [6.45, 7) is 8.87. The standard InChI is InChI=1S/C8H18N2O/c1-3-9-5-8-6-10-4-7(2)11-8/h7-10H,3-6H2,1-2H3/p+2/t7-,8-/m0/s1. The molecule has 3 heteroatoms. The molecule has 0 bridgehead atoms. The smallest absolute Gasteiger partial charge is 0.155 e. The van der Waals surface area contributed by atoms with Gasteiger partial charge in [0, 0.05) is 0 Å². The van der Waals surface area contributed by atoms with Crippen LogP contribution in [0.1, 0.15) is 13.8 Å². The van der Waals surface area contributed by atoms with Crippen molar-refractivity contribution in [3.05, 3.63) is 0 Å². The highest BCUT2D eigenvalue weighted by Gasteiger charge is 2.22. The van der Waals surface area contributed by atoms with Crippen LogP contribution < -0.4 is 10.6 Å². The van der Waals surface area contributed by atoms with Gasteiger partial charge < -0.3 is 15.4 Å². The fraction of sp³-hybridized carbons (Fsp3) is 1.00. The fourth-order valence-corrected chi connectivity index (χ4v) is 1.46. The van der Waals surface area contributed by atoms with E-state index in [4.69, 9.17) is 4.74 Å². The molecule has 66 valence electrons. The van der Waals surface area contributed by atoms with Crippen molar-refractivity contribution in [1.82, 2.24) is 0 Å². The Morgan fingerprint density at radius 2 is 2.36 bits per heavy atom. The molecule has 1 fully saturated rings. The molecule has 0 spiro atoms. The van der Waals surface area contributed by atoms with Crippen molar-refractivity contribution in [2.24, 2.45) is 0 Å². The van der Waals surface area contributed by atoms with Crippen LogP contribution in [0.5, 0.6) is 0 Å². The summed E-state index contributed by atoms with van der Waals surface area (Å²) in [5, 5.41) is 4.65. The highest BCUT2D eigenvalue weighted by Crippen LogP contribution is 1.95. The van der Waals surface area contributed by atoms with E-state index in [0.717, 1.165) is 26.2 Å². The van der Waals surface area contributed by atoms with Gasteiger partial charge in [-0.1, -0.05) is 0 Å². The van der Waals surface area contributed by atoms with Crippen LogP contribution in [0.3, 0.4) is 0 Å². The monoisotopic (exact) mass is 160 g/mol. The number of ether oxygens (including phenoxy) is 1. The van der Waals surface area contributed by atoms with Gasteiger partial charge in [0.15, 0.2) is 6.10 Å². The van der Waals surface area contributed by atoms with Crippen LogP contribution in [0.4, 0.5) is 0 Å². The van der Waals surface area contributed by atoms with Gasteiger partial charge in [0.05, 0.1) is 6.54 Å². The van der Waals surface area contributed by atoms with Gasteiger partial charge in [-0.2, -0.15) is 0 Å². The number of hydrogen-bond acceptors (Lipinski definition) is 1. The first kappa shape index (κ1) is 8.97. The fourth-order valence-electron chi connectivity index (χ4n) is 1.46. The van der Waals surface area contributed by atoms with Crippen molar-refractivity contribution < 1.29 is 15.4 Å². The molecule has 1 saturated heterocycles. The van der Waals surface area contributed by atoms with Crippen LogP contribution in [0, 0.1) is 0 Å². The molecule has 0 aromatic carbocycles. The van der Waals surface area contributed by atoms with Gasteiger partial charge in [-0.15, -0.1) is 0 Å². The number of rotatable bonds is 3. The number of nitrogens with two attached hydrogens (primary N) is 2. The van der Waals surface area contributed by atoms with Gasteiger partial charge in [-0.3, -0.25) is 0 Å². The summed E-state index contributed by atoms with van der Waals surface area (Å²) in [5.74, 6) is 0. The Balaban J connectivity index is 2.12. The molecular formula is C8H20N2O+2. The van der Waals surface area contributed by atoms with Gasteiger partial charge >= 0.3 is 0 Å². The van der Waals surface area contributed by atoms with E-state index in [1.807, 2.05) is 0 Å². The number of likely N-dealkylation sites (N-methyl/N-ethyl adjacent to an activating group) is 1. The quantitative estimate of drug-likeness (QED) is 0.489. The Hall–Kier alpha value is -0.120. The molecule has 0 radical (unpaired) electrons. The zero-order valence-corrected chi connectivity index (χ0v) is 7.55. The van der Waals surface area contributed by atoms with E-state index in [1.165, 1.54) is 0 Å². The molecule has 2 atom stereocenters. The topological polar surface area (TPSA) is 42.5 Å². The molecule has 1 aliphatic rings. The number of hydrogen-bond donors (Lipinski definition) is 2. The average Bonchev–Trinajstić information content (AvgIpc) is 2.01. The van der Waals surface area contributed by atoms with Crippen LogP contribution >= 0.6 is 0 Å². The second kappa shape index (κ2) is 4.70. The third-order valence-electron chi connectivity index (χ3n) is 2.07.